The number of amides is 1. The highest BCUT2D eigenvalue weighted by Crippen LogP contribution is 2.25. The molecule has 106 valence electrons. The number of aromatic nitrogens is 1. The van der Waals surface area contributed by atoms with Crippen LogP contribution in [0.4, 0.5) is 5.69 Å². The van der Waals surface area contributed by atoms with Crippen LogP contribution in [0, 0.1) is 0 Å². The van der Waals surface area contributed by atoms with Crippen LogP contribution in [0.5, 0.6) is 0 Å². The molecule has 1 unspecified atom stereocenters. The zero-order chi connectivity index (χ0) is 14.5. The Kier molecular flexibility index (Phi) is 4.82. The number of carbonyl (C=O) groups is 1. The lowest BCUT2D eigenvalue weighted by Crippen LogP contribution is -2.29. The van der Waals surface area contributed by atoms with Crippen molar-refractivity contribution in [2.45, 2.75) is 19.4 Å². The first-order valence-corrected chi connectivity index (χ1v) is 6.80. The molecule has 4 nitrogen and oxygen atoms in total. The molecule has 5 heteroatoms. The Morgan fingerprint density at radius 1 is 1.40 bits per heavy atom. The van der Waals surface area contributed by atoms with E-state index >= 15 is 0 Å². The van der Waals surface area contributed by atoms with E-state index in [0.717, 1.165) is 5.69 Å². The second-order valence-electron chi connectivity index (χ2n) is 4.37. The summed E-state index contributed by atoms with van der Waals surface area (Å²) in [6.07, 6.45) is 3.96. The van der Waals surface area contributed by atoms with Crippen molar-refractivity contribution in [2.75, 3.05) is 12.4 Å². The summed E-state index contributed by atoms with van der Waals surface area (Å²) >= 11 is 6.04. The van der Waals surface area contributed by atoms with Gasteiger partial charge in [-0.15, -0.1) is 0 Å². The molecule has 1 aromatic carbocycles. The standard InChI is InChI=1S/C15H17ClN2O2/c1-3-14(20-2)15(19)17-12-7-6-11(16)10-13(12)18-8-4-5-9-18/h4-10,14H,3H2,1-2H3,(H,17,19). The van der Waals surface area contributed by atoms with E-state index in [2.05, 4.69) is 5.32 Å². The molecule has 20 heavy (non-hydrogen) atoms. The Hall–Kier alpha value is -1.78. The van der Waals surface area contributed by atoms with E-state index in [4.69, 9.17) is 16.3 Å². The van der Waals surface area contributed by atoms with Crippen molar-refractivity contribution in [1.82, 2.24) is 4.57 Å². The number of hydrogen-bond donors (Lipinski definition) is 1. The molecular weight excluding hydrogens is 276 g/mol. The number of rotatable bonds is 5. The molecule has 1 aromatic heterocycles. The smallest absolute Gasteiger partial charge is 0.253 e. The summed E-state index contributed by atoms with van der Waals surface area (Å²) in [4.78, 5) is 12.1. The lowest BCUT2D eigenvalue weighted by molar-refractivity contribution is -0.125. The van der Waals surface area contributed by atoms with E-state index in [9.17, 15) is 4.79 Å². The van der Waals surface area contributed by atoms with Gasteiger partial charge in [0.15, 0.2) is 0 Å². The van der Waals surface area contributed by atoms with Crippen molar-refractivity contribution >= 4 is 23.2 Å². The average molecular weight is 293 g/mol. The summed E-state index contributed by atoms with van der Waals surface area (Å²) in [5, 5.41) is 3.50. The highest BCUT2D eigenvalue weighted by atomic mass is 35.5. The van der Waals surface area contributed by atoms with Crippen molar-refractivity contribution in [3.63, 3.8) is 0 Å². The maximum atomic E-state index is 12.1. The number of hydrogen-bond acceptors (Lipinski definition) is 2. The van der Waals surface area contributed by atoms with Crippen molar-refractivity contribution < 1.29 is 9.53 Å². The van der Waals surface area contributed by atoms with E-state index in [1.165, 1.54) is 7.11 Å². The number of anilines is 1. The van der Waals surface area contributed by atoms with E-state index in [1.54, 1.807) is 12.1 Å². The van der Waals surface area contributed by atoms with Gasteiger partial charge in [-0.3, -0.25) is 4.79 Å². The van der Waals surface area contributed by atoms with Crippen molar-refractivity contribution in [2.24, 2.45) is 0 Å². The monoisotopic (exact) mass is 292 g/mol. The van der Waals surface area contributed by atoms with Crippen LogP contribution >= 0.6 is 11.6 Å². The molecule has 0 aliphatic rings. The van der Waals surface area contributed by atoms with Crippen LogP contribution in [0.1, 0.15) is 13.3 Å². The van der Waals surface area contributed by atoms with Gasteiger partial charge in [0.25, 0.3) is 5.91 Å². The summed E-state index contributed by atoms with van der Waals surface area (Å²) < 4.78 is 7.04. The van der Waals surface area contributed by atoms with Gasteiger partial charge in [0.2, 0.25) is 0 Å². The van der Waals surface area contributed by atoms with Crippen molar-refractivity contribution in [1.29, 1.82) is 0 Å². The van der Waals surface area contributed by atoms with Gasteiger partial charge in [0.1, 0.15) is 6.10 Å². The Morgan fingerprint density at radius 3 is 2.70 bits per heavy atom. The van der Waals surface area contributed by atoms with Crippen LogP contribution in [0.25, 0.3) is 5.69 Å². The fourth-order valence-electron chi connectivity index (χ4n) is 1.99. The average Bonchev–Trinajstić information content (AvgIpc) is 2.96. The molecule has 0 spiro atoms. The van der Waals surface area contributed by atoms with Crippen LogP contribution in [0.3, 0.4) is 0 Å². The normalized spacial score (nSPS) is 12.2. The first-order valence-electron chi connectivity index (χ1n) is 6.42. The third-order valence-corrected chi connectivity index (χ3v) is 3.28. The Labute approximate surface area is 123 Å². The van der Waals surface area contributed by atoms with E-state index in [-0.39, 0.29) is 5.91 Å². The predicted octanol–water partition coefficient (Wildman–Crippen LogP) is 3.49. The minimum atomic E-state index is -0.455. The zero-order valence-electron chi connectivity index (χ0n) is 11.5. The SMILES string of the molecule is CCC(OC)C(=O)Nc1ccc(Cl)cc1-n1cccc1. The number of ether oxygens (including phenoxy) is 1. The summed E-state index contributed by atoms with van der Waals surface area (Å²) in [5.41, 5.74) is 1.52. The third-order valence-electron chi connectivity index (χ3n) is 3.05. The lowest BCUT2D eigenvalue weighted by atomic mass is 10.2. The van der Waals surface area contributed by atoms with Gasteiger partial charge in [-0.25, -0.2) is 0 Å². The number of methoxy groups -OCH3 is 1. The minimum Gasteiger partial charge on any atom is -0.372 e. The maximum Gasteiger partial charge on any atom is 0.253 e. The number of nitrogens with one attached hydrogen (secondary N) is 1. The van der Waals surface area contributed by atoms with Gasteiger partial charge in [0.05, 0.1) is 11.4 Å². The predicted molar refractivity (Wildman–Crippen MR) is 80.5 cm³/mol. The van der Waals surface area contributed by atoms with Crippen LogP contribution in [0.2, 0.25) is 5.02 Å². The largest absolute Gasteiger partial charge is 0.372 e. The molecule has 0 aliphatic carbocycles. The summed E-state index contributed by atoms with van der Waals surface area (Å²) in [7, 11) is 1.53. The summed E-state index contributed by atoms with van der Waals surface area (Å²) in [6.45, 7) is 1.91. The quantitative estimate of drug-likeness (QED) is 0.916. The molecule has 2 rings (SSSR count). The summed E-state index contributed by atoms with van der Waals surface area (Å²) in [6, 6.07) is 9.17. The number of benzene rings is 1. The van der Waals surface area contributed by atoms with Crippen LogP contribution in [-0.4, -0.2) is 23.7 Å². The molecule has 0 fully saturated rings. The van der Waals surface area contributed by atoms with Crippen molar-refractivity contribution in [3.05, 3.63) is 47.7 Å². The van der Waals surface area contributed by atoms with E-state index in [1.807, 2.05) is 42.1 Å². The fraction of sp³-hybridized carbons (Fsp3) is 0.267. The molecule has 0 aliphatic heterocycles. The molecule has 0 saturated heterocycles. The first kappa shape index (κ1) is 14.6. The van der Waals surface area contributed by atoms with E-state index < -0.39 is 6.10 Å². The third kappa shape index (κ3) is 3.21. The lowest BCUT2D eigenvalue weighted by Gasteiger charge is -2.16. The van der Waals surface area contributed by atoms with E-state index in [0.29, 0.717) is 17.1 Å². The van der Waals surface area contributed by atoms with Crippen LogP contribution < -0.4 is 5.32 Å². The van der Waals surface area contributed by atoms with Gasteiger partial charge in [0, 0.05) is 24.5 Å². The molecular formula is C15H17ClN2O2. The van der Waals surface area contributed by atoms with Crippen molar-refractivity contribution in [3.8, 4) is 5.69 Å². The van der Waals surface area contributed by atoms with Gasteiger partial charge in [-0.1, -0.05) is 18.5 Å². The summed E-state index contributed by atoms with van der Waals surface area (Å²) in [5.74, 6) is -0.161. The zero-order valence-corrected chi connectivity index (χ0v) is 12.2. The molecule has 1 N–H and O–H groups in total. The molecule has 1 atom stereocenters. The Morgan fingerprint density at radius 2 is 2.10 bits per heavy atom. The second kappa shape index (κ2) is 6.59. The Bertz CT molecular complexity index is 578. The molecule has 1 heterocycles. The molecule has 2 aromatic rings. The van der Waals surface area contributed by atoms with Gasteiger partial charge in [-0.2, -0.15) is 0 Å². The van der Waals surface area contributed by atoms with Crippen LogP contribution in [0.15, 0.2) is 42.7 Å². The molecule has 1 amide bonds. The minimum absolute atomic E-state index is 0.161. The number of halogens is 1. The van der Waals surface area contributed by atoms with Gasteiger partial charge >= 0.3 is 0 Å². The first-order chi connectivity index (χ1) is 9.65. The topological polar surface area (TPSA) is 43.3 Å². The second-order valence-corrected chi connectivity index (χ2v) is 4.81. The number of nitrogens with zero attached hydrogens (tertiary/aromatic N) is 1. The highest BCUT2D eigenvalue weighted by Gasteiger charge is 2.17. The highest BCUT2D eigenvalue weighted by molar-refractivity contribution is 6.30. The van der Waals surface area contributed by atoms with Gasteiger partial charge in [-0.05, 0) is 36.8 Å². The Balaban J connectivity index is 2.30. The maximum absolute atomic E-state index is 12.1. The van der Waals surface area contributed by atoms with Gasteiger partial charge < -0.3 is 14.6 Å². The molecule has 0 bridgehead atoms. The molecule has 0 radical (unpaired) electrons. The number of carbonyl (C=O) groups excluding carboxylic acids is 1. The molecule has 0 saturated carbocycles. The van der Waals surface area contributed by atoms with Crippen LogP contribution in [-0.2, 0) is 9.53 Å². The fourth-order valence-corrected chi connectivity index (χ4v) is 2.16.